The molecule has 0 N–H and O–H groups in total. The fourth-order valence-electron chi connectivity index (χ4n) is 9.61. The van der Waals surface area contributed by atoms with Gasteiger partial charge in [0.15, 0.2) is 5.60 Å². The number of fused-ring (bicyclic) bond motifs is 10. The molecule has 44 heavy (non-hydrogen) atoms. The first kappa shape index (κ1) is 27.3. The van der Waals surface area contributed by atoms with Crippen molar-refractivity contribution in [1.82, 2.24) is 0 Å². The Morgan fingerprint density at radius 1 is 0.636 bits per heavy atom. The van der Waals surface area contributed by atoms with Crippen LogP contribution in [-0.4, -0.2) is 7.11 Å². The maximum Gasteiger partial charge on any atom is 0.178 e. The van der Waals surface area contributed by atoms with Crippen LogP contribution in [-0.2, 0) is 11.0 Å². The number of ether oxygens (including phenoxy) is 2. The lowest BCUT2D eigenvalue weighted by Gasteiger charge is -2.52. The minimum atomic E-state index is -0.777. The van der Waals surface area contributed by atoms with Gasteiger partial charge in [-0.1, -0.05) is 125 Å². The van der Waals surface area contributed by atoms with Gasteiger partial charge in [-0.15, -0.1) is 0 Å². The Kier molecular flexibility index (Phi) is 5.79. The summed E-state index contributed by atoms with van der Waals surface area (Å²) in [5.41, 5.74) is 8.68. The van der Waals surface area contributed by atoms with Gasteiger partial charge in [-0.3, -0.25) is 0 Å². The standard InChI is InChI=1S/C42H40O2/c1-39(2)25-40(3,4)27-41(26-39)35-18-12-11-17-33(35)36-31-15-9-10-16-32(31)38-34(37(36)41)23-24-42(44-38,28-13-7-6-8-14-28)29-19-21-30(43-5)22-20-29/h6-24H,25-27H2,1-5H3. The van der Waals surface area contributed by atoms with Crippen LogP contribution in [0.1, 0.15) is 74.8 Å². The van der Waals surface area contributed by atoms with Crippen molar-refractivity contribution in [3.05, 3.63) is 137 Å². The van der Waals surface area contributed by atoms with Gasteiger partial charge in [0, 0.05) is 27.5 Å². The van der Waals surface area contributed by atoms with Crippen molar-refractivity contribution in [2.75, 3.05) is 7.11 Å². The summed E-state index contributed by atoms with van der Waals surface area (Å²) in [4.78, 5) is 0. The summed E-state index contributed by atoms with van der Waals surface area (Å²) in [5, 5.41) is 2.44. The highest BCUT2D eigenvalue weighted by molar-refractivity contribution is 6.08. The molecule has 1 aliphatic heterocycles. The molecule has 220 valence electrons. The molecule has 0 aromatic heterocycles. The fourth-order valence-corrected chi connectivity index (χ4v) is 9.61. The maximum absolute atomic E-state index is 7.51. The second-order valence-corrected chi connectivity index (χ2v) is 14.8. The van der Waals surface area contributed by atoms with E-state index in [-0.39, 0.29) is 16.2 Å². The molecule has 1 spiro atoms. The highest BCUT2D eigenvalue weighted by Gasteiger charge is 2.55. The third-order valence-electron chi connectivity index (χ3n) is 10.4. The monoisotopic (exact) mass is 576 g/mol. The van der Waals surface area contributed by atoms with E-state index in [4.69, 9.17) is 9.47 Å². The van der Waals surface area contributed by atoms with Crippen LogP contribution in [0.5, 0.6) is 11.5 Å². The third kappa shape index (κ3) is 3.86. The first-order valence-electron chi connectivity index (χ1n) is 15.9. The zero-order valence-electron chi connectivity index (χ0n) is 26.4. The van der Waals surface area contributed by atoms with Crippen molar-refractivity contribution in [3.8, 4) is 22.6 Å². The zero-order chi connectivity index (χ0) is 30.3. The van der Waals surface area contributed by atoms with E-state index in [0.29, 0.717) is 0 Å². The molecule has 5 aromatic carbocycles. The molecule has 2 nitrogen and oxygen atoms in total. The van der Waals surface area contributed by atoms with Crippen molar-refractivity contribution in [1.29, 1.82) is 0 Å². The molecule has 1 atom stereocenters. The highest BCUT2D eigenvalue weighted by Crippen LogP contribution is 2.66. The van der Waals surface area contributed by atoms with Crippen LogP contribution in [0.3, 0.4) is 0 Å². The summed E-state index contributed by atoms with van der Waals surface area (Å²) in [5.74, 6) is 1.82. The van der Waals surface area contributed by atoms with Crippen molar-refractivity contribution < 1.29 is 9.47 Å². The number of hydrogen-bond acceptors (Lipinski definition) is 2. The van der Waals surface area contributed by atoms with Gasteiger partial charge in [0.2, 0.25) is 0 Å². The summed E-state index contributed by atoms with van der Waals surface area (Å²) >= 11 is 0. The van der Waals surface area contributed by atoms with Crippen LogP contribution < -0.4 is 9.47 Å². The SMILES string of the molecule is COc1ccc(C2(c3ccccc3)C=Cc3c4c(c5ccccc5c3O2)-c2ccccc2C42CC(C)(C)CC(C)(C)C2)cc1. The topological polar surface area (TPSA) is 18.5 Å². The predicted molar refractivity (Wildman–Crippen MR) is 181 cm³/mol. The van der Waals surface area contributed by atoms with Gasteiger partial charge in [0.1, 0.15) is 11.5 Å². The van der Waals surface area contributed by atoms with Gasteiger partial charge in [0.25, 0.3) is 0 Å². The molecule has 2 heteroatoms. The number of methoxy groups -OCH3 is 1. The Morgan fingerprint density at radius 2 is 1.25 bits per heavy atom. The zero-order valence-corrected chi connectivity index (χ0v) is 26.4. The lowest BCUT2D eigenvalue weighted by atomic mass is 9.52. The van der Waals surface area contributed by atoms with Gasteiger partial charge in [-0.2, -0.15) is 0 Å². The molecule has 0 bridgehead atoms. The second kappa shape index (κ2) is 9.35. The molecular formula is C42H40O2. The molecule has 8 rings (SSSR count). The molecule has 1 heterocycles. The lowest BCUT2D eigenvalue weighted by Crippen LogP contribution is -2.44. The molecule has 1 fully saturated rings. The Morgan fingerprint density at radius 3 is 1.95 bits per heavy atom. The van der Waals surface area contributed by atoms with Crippen LogP contribution in [0, 0.1) is 10.8 Å². The Bertz CT molecular complexity index is 1930. The maximum atomic E-state index is 7.51. The molecule has 1 saturated carbocycles. The van der Waals surface area contributed by atoms with Crippen LogP contribution >= 0.6 is 0 Å². The average Bonchev–Trinajstić information content (AvgIpc) is 3.28. The first-order valence-corrected chi connectivity index (χ1v) is 15.9. The van der Waals surface area contributed by atoms with Gasteiger partial charge < -0.3 is 9.47 Å². The Labute approximate surface area is 261 Å². The summed E-state index contributed by atoms with van der Waals surface area (Å²) in [6.45, 7) is 9.89. The highest BCUT2D eigenvalue weighted by atomic mass is 16.5. The van der Waals surface area contributed by atoms with Crippen molar-refractivity contribution in [3.63, 3.8) is 0 Å². The van der Waals surface area contributed by atoms with Crippen molar-refractivity contribution in [2.24, 2.45) is 10.8 Å². The number of benzene rings is 5. The quantitative estimate of drug-likeness (QED) is 0.213. The minimum absolute atomic E-state index is 0.0914. The Hall–Kier alpha value is -4.30. The first-order chi connectivity index (χ1) is 21.2. The molecule has 0 amide bonds. The van der Waals surface area contributed by atoms with Gasteiger partial charge in [0.05, 0.1) is 7.11 Å². The molecule has 0 radical (unpaired) electrons. The molecule has 5 aromatic rings. The molecule has 2 aliphatic carbocycles. The van der Waals surface area contributed by atoms with Crippen molar-refractivity contribution >= 4 is 16.8 Å². The second-order valence-electron chi connectivity index (χ2n) is 14.8. The van der Waals surface area contributed by atoms with Gasteiger partial charge in [-0.05, 0) is 75.9 Å². The van der Waals surface area contributed by atoms with E-state index < -0.39 is 5.60 Å². The lowest BCUT2D eigenvalue weighted by molar-refractivity contribution is 0.0642. The van der Waals surface area contributed by atoms with Crippen LogP contribution in [0.4, 0.5) is 0 Å². The van der Waals surface area contributed by atoms with E-state index in [9.17, 15) is 0 Å². The summed E-state index contributed by atoms with van der Waals surface area (Å²) in [6.07, 6.45) is 8.15. The summed E-state index contributed by atoms with van der Waals surface area (Å²) < 4.78 is 13.0. The number of rotatable bonds is 3. The average molecular weight is 577 g/mol. The Balaban J connectivity index is 1.46. The van der Waals surface area contributed by atoms with Gasteiger partial charge in [-0.25, -0.2) is 0 Å². The fraction of sp³-hybridized carbons (Fsp3) is 0.286. The van der Waals surface area contributed by atoms with E-state index in [1.165, 1.54) is 45.0 Å². The van der Waals surface area contributed by atoms with Crippen LogP contribution in [0.2, 0.25) is 0 Å². The molecule has 1 unspecified atom stereocenters. The van der Waals surface area contributed by atoms with Crippen molar-refractivity contribution in [2.45, 2.75) is 58.0 Å². The van der Waals surface area contributed by atoms with E-state index in [1.807, 2.05) is 12.1 Å². The van der Waals surface area contributed by atoms with Crippen LogP contribution in [0.15, 0.2) is 109 Å². The van der Waals surface area contributed by atoms with E-state index >= 15 is 0 Å². The predicted octanol–water partition coefficient (Wildman–Crippen LogP) is 10.7. The van der Waals surface area contributed by atoms with E-state index in [0.717, 1.165) is 35.5 Å². The normalized spacial score (nSPS) is 21.8. The van der Waals surface area contributed by atoms with Gasteiger partial charge >= 0.3 is 0 Å². The molecular weight excluding hydrogens is 536 g/mol. The third-order valence-corrected chi connectivity index (χ3v) is 10.4. The summed E-state index contributed by atoms with van der Waals surface area (Å²) in [7, 11) is 1.71. The molecule has 0 saturated heterocycles. The molecule has 3 aliphatic rings. The van der Waals surface area contributed by atoms with Crippen LogP contribution in [0.25, 0.3) is 28.0 Å². The largest absolute Gasteiger partial charge is 0.497 e. The number of hydrogen-bond donors (Lipinski definition) is 0. The minimum Gasteiger partial charge on any atom is -0.497 e. The van der Waals surface area contributed by atoms with E-state index in [1.54, 1.807) is 7.11 Å². The smallest absolute Gasteiger partial charge is 0.178 e. The van der Waals surface area contributed by atoms with E-state index in [2.05, 4.69) is 131 Å². The summed E-state index contributed by atoms with van der Waals surface area (Å²) in [6, 6.07) is 37.1.